The number of imidazole rings is 1. The van der Waals surface area contributed by atoms with Crippen molar-refractivity contribution < 1.29 is 5.11 Å². The summed E-state index contributed by atoms with van der Waals surface area (Å²) in [4.78, 5) is 8.43. The molecular weight excluding hydrogens is 308 g/mol. The fourth-order valence-corrected chi connectivity index (χ4v) is 2.44. The SMILES string of the molecule is CCCC(C)(O)CNCc1cnc2cnc(Br)cn12. The molecule has 0 aliphatic heterocycles. The second-order valence-corrected chi connectivity index (χ2v) is 5.85. The summed E-state index contributed by atoms with van der Waals surface area (Å²) in [5.74, 6) is 0. The van der Waals surface area contributed by atoms with Gasteiger partial charge in [-0.1, -0.05) is 13.3 Å². The monoisotopic (exact) mass is 326 g/mol. The minimum Gasteiger partial charge on any atom is -0.389 e. The standard InChI is InChI=1S/C13H19BrN4O/c1-3-4-13(2,19)9-15-5-10-6-17-12-7-16-11(14)8-18(10)12/h6-8,15,19H,3-5,9H2,1-2H3. The molecule has 1 atom stereocenters. The molecular formula is C13H19BrN4O. The van der Waals surface area contributed by atoms with Gasteiger partial charge in [0.1, 0.15) is 4.60 Å². The predicted molar refractivity (Wildman–Crippen MR) is 77.9 cm³/mol. The molecule has 0 fully saturated rings. The number of aliphatic hydroxyl groups is 1. The van der Waals surface area contributed by atoms with Crippen LogP contribution in [-0.2, 0) is 6.54 Å². The number of nitrogens with one attached hydrogen (secondary N) is 1. The van der Waals surface area contributed by atoms with Crippen molar-refractivity contribution in [1.82, 2.24) is 19.7 Å². The lowest BCUT2D eigenvalue weighted by Gasteiger charge is -2.22. The van der Waals surface area contributed by atoms with Gasteiger partial charge in [0.05, 0.1) is 23.7 Å². The van der Waals surface area contributed by atoms with Crippen LogP contribution in [0.4, 0.5) is 0 Å². The lowest BCUT2D eigenvalue weighted by molar-refractivity contribution is 0.0497. The van der Waals surface area contributed by atoms with E-state index in [9.17, 15) is 5.11 Å². The first-order valence-corrected chi connectivity index (χ1v) is 7.22. The van der Waals surface area contributed by atoms with Gasteiger partial charge in [-0.2, -0.15) is 0 Å². The van der Waals surface area contributed by atoms with Gasteiger partial charge in [0, 0.05) is 19.3 Å². The van der Waals surface area contributed by atoms with Gasteiger partial charge in [0.25, 0.3) is 0 Å². The second kappa shape index (κ2) is 5.98. The highest BCUT2D eigenvalue weighted by molar-refractivity contribution is 9.10. The largest absolute Gasteiger partial charge is 0.389 e. The van der Waals surface area contributed by atoms with Crippen LogP contribution in [0, 0.1) is 0 Å². The van der Waals surface area contributed by atoms with Crippen molar-refractivity contribution in [2.24, 2.45) is 0 Å². The van der Waals surface area contributed by atoms with E-state index in [4.69, 9.17) is 0 Å². The number of rotatable bonds is 6. The van der Waals surface area contributed by atoms with Gasteiger partial charge in [0.15, 0.2) is 5.65 Å². The maximum absolute atomic E-state index is 10.1. The highest BCUT2D eigenvalue weighted by Gasteiger charge is 2.18. The molecule has 2 heterocycles. The molecule has 0 saturated heterocycles. The quantitative estimate of drug-likeness (QED) is 0.853. The third kappa shape index (κ3) is 3.75. The van der Waals surface area contributed by atoms with Gasteiger partial charge in [-0.3, -0.25) is 4.40 Å². The van der Waals surface area contributed by atoms with Gasteiger partial charge in [0.2, 0.25) is 0 Å². The Bertz CT molecular complexity index is 553. The van der Waals surface area contributed by atoms with E-state index < -0.39 is 5.60 Å². The molecule has 0 aliphatic carbocycles. The molecule has 5 nitrogen and oxygen atoms in total. The molecule has 1 unspecified atom stereocenters. The van der Waals surface area contributed by atoms with E-state index in [0.717, 1.165) is 28.8 Å². The topological polar surface area (TPSA) is 62.5 Å². The molecule has 0 bridgehead atoms. The molecule has 0 aromatic carbocycles. The molecule has 6 heteroatoms. The van der Waals surface area contributed by atoms with Crippen molar-refractivity contribution in [3.05, 3.63) is 28.9 Å². The summed E-state index contributed by atoms with van der Waals surface area (Å²) in [5.41, 5.74) is 1.21. The number of fused-ring (bicyclic) bond motifs is 1. The number of hydrogen-bond donors (Lipinski definition) is 2. The maximum atomic E-state index is 10.1. The Balaban J connectivity index is 2.00. The zero-order valence-electron chi connectivity index (χ0n) is 11.2. The number of halogens is 1. The van der Waals surface area contributed by atoms with Crippen molar-refractivity contribution in [1.29, 1.82) is 0 Å². The van der Waals surface area contributed by atoms with Gasteiger partial charge < -0.3 is 10.4 Å². The maximum Gasteiger partial charge on any atom is 0.155 e. The van der Waals surface area contributed by atoms with Gasteiger partial charge in [-0.05, 0) is 29.3 Å². The van der Waals surface area contributed by atoms with E-state index in [1.54, 1.807) is 6.20 Å². The van der Waals surface area contributed by atoms with E-state index in [-0.39, 0.29) is 0 Å². The van der Waals surface area contributed by atoms with E-state index in [1.165, 1.54) is 0 Å². The van der Waals surface area contributed by atoms with E-state index in [0.29, 0.717) is 13.1 Å². The summed E-state index contributed by atoms with van der Waals surface area (Å²) in [7, 11) is 0. The third-order valence-corrected chi connectivity index (χ3v) is 3.45. The van der Waals surface area contributed by atoms with Crippen LogP contribution in [0.15, 0.2) is 23.2 Å². The number of nitrogens with zero attached hydrogens (tertiary/aromatic N) is 3. The van der Waals surface area contributed by atoms with E-state index >= 15 is 0 Å². The number of aromatic nitrogens is 3. The van der Waals surface area contributed by atoms with Gasteiger partial charge >= 0.3 is 0 Å². The fraction of sp³-hybridized carbons (Fsp3) is 0.538. The van der Waals surface area contributed by atoms with Crippen LogP contribution < -0.4 is 5.32 Å². The zero-order chi connectivity index (χ0) is 13.9. The van der Waals surface area contributed by atoms with Crippen molar-refractivity contribution in [3.63, 3.8) is 0 Å². The average Bonchev–Trinajstić information content (AvgIpc) is 2.71. The Morgan fingerprint density at radius 1 is 1.42 bits per heavy atom. The minimum atomic E-state index is -0.655. The first kappa shape index (κ1) is 14.4. The normalized spacial score (nSPS) is 14.7. The van der Waals surface area contributed by atoms with Crippen LogP contribution in [-0.4, -0.2) is 31.6 Å². The summed E-state index contributed by atoms with van der Waals surface area (Å²) >= 11 is 3.35. The molecule has 0 aliphatic rings. The van der Waals surface area contributed by atoms with Crippen LogP contribution in [0.25, 0.3) is 5.65 Å². The highest BCUT2D eigenvalue weighted by atomic mass is 79.9. The summed E-state index contributed by atoms with van der Waals surface area (Å²) in [6, 6.07) is 0. The molecule has 0 radical (unpaired) electrons. The average molecular weight is 327 g/mol. The Morgan fingerprint density at radius 3 is 2.95 bits per heavy atom. The molecule has 0 spiro atoms. The van der Waals surface area contributed by atoms with Crippen molar-refractivity contribution in [2.45, 2.75) is 38.8 Å². The van der Waals surface area contributed by atoms with Gasteiger partial charge in [-0.25, -0.2) is 9.97 Å². The van der Waals surface area contributed by atoms with Crippen molar-refractivity contribution in [3.8, 4) is 0 Å². The van der Waals surface area contributed by atoms with E-state index in [2.05, 4.69) is 38.1 Å². The minimum absolute atomic E-state index is 0.570. The first-order valence-electron chi connectivity index (χ1n) is 6.42. The Morgan fingerprint density at radius 2 is 2.21 bits per heavy atom. The van der Waals surface area contributed by atoms with Crippen LogP contribution in [0.2, 0.25) is 0 Å². The van der Waals surface area contributed by atoms with Gasteiger partial charge in [-0.15, -0.1) is 0 Å². The Labute approximate surface area is 121 Å². The number of hydrogen-bond acceptors (Lipinski definition) is 4. The van der Waals surface area contributed by atoms with E-state index in [1.807, 2.05) is 23.7 Å². The summed E-state index contributed by atoms with van der Waals surface area (Å²) < 4.78 is 2.76. The summed E-state index contributed by atoms with van der Waals surface area (Å²) in [6.45, 7) is 5.17. The van der Waals surface area contributed by atoms with Crippen molar-refractivity contribution in [2.75, 3.05) is 6.54 Å². The smallest absolute Gasteiger partial charge is 0.155 e. The Kier molecular flexibility index (Phi) is 4.54. The van der Waals surface area contributed by atoms with Crippen molar-refractivity contribution >= 4 is 21.6 Å². The molecule has 2 N–H and O–H groups in total. The van der Waals surface area contributed by atoms with Crippen LogP contribution in [0.3, 0.4) is 0 Å². The molecule has 2 rings (SSSR count). The predicted octanol–water partition coefficient (Wildman–Crippen LogP) is 2.13. The van der Waals surface area contributed by atoms with Crippen LogP contribution in [0.1, 0.15) is 32.4 Å². The molecule has 2 aromatic rings. The molecule has 0 saturated carbocycles. The molecule has 2 aromatic heterocycles. The van der Waals surface area contributed by atoms with Crippen LogP contribution in [0.5, 0.6) is 0 Å². The molecule has 0 amide bonds. The summed E-state index contributed by atoms with van der Waals surface area (Å²) in [6.07, 6.45) is 7.21. The lowest BCUT2D eigenvalue weighted by Crippen LogP contribution is -2.37. The first-order chi connectivity index (χ1) is 9.02. The summed E-state index contributed by atoms with van der Waals surface area (Å²) in [5, 5.41) is 13.4. The second-order valence-electron chi connectivity index (χ2n) is 5.04. The molecule has 104 valence electrons. The molecule has 19 heavy (non-hydrogen) atoms. The third-order valence-electron chi connectivity index (χ3n) is 3.04. The highest BCUT2D eigenvalue weighted by Crippen LogP contribution is 2.12. The zero-order valence-corrected chi connectivity index (χ0v) is 12.8. The fourth-order valence-electron chi connectivity index (χ4n) is 2.13. The van der Waals surface area contributed by atoms with Crippen LogP contribution >= 0.6 is 15.9 Å². The lowest BCUT2D eigenvalue weighted by atomic mass is 10.0. The Hall–Kier alpha value is -0.980.